The van der Waals surface area contributed by atoms with E-state index in [-0.39, 0.29) is 12.5 Å². The second kappa shape index (κ2) is 8.68. The van der Waals surface area contributed by atoms with Crippen LogP contribution in [0.2, 0.25) is 0 Å². The highest BCUT2D eigenvalue weighted by atomic mass is 16.5. The molecule has 0 spiro atoms. The minimum absolute atomic E-state index is 0.107. The number of nitrogens with one attached hydrogen (secondary N) is 1. The average molecular weight is 333 g/mol. The molecule has 1 aliphatic rings. The van der Waals surface area contributed by atoms with Gasteiger partial charge in [0.2, 0.25) is 5.91 Å². The monoisotopic (exact) mass is 333 g/mol. The van der Waals surface area contributed by atoms with Crippen molar-refractivity contribution in [3.8, 4) is 5.75 Å². The first-order valence-corrected chi connectivity index (χ1v) is 8.50. The lowest BCUT2D eigenvalue weighted by atomic mass is 9.93. The summed E-state index contributed by atoms with van der Waals surface area (Å²) < 4.78 is 5.25. The number of nitrogens with zero attached hydrogens (tertiary/aromatic N) is 1. The van der Waals surface area contributed by atoms with Crippen LogP contribution in [0.1, 0.15) is 32.3 Å². The van der Waals surface area contributed by atoms with Gasteiger partial charge in [-0.2, -0.15) is 0 Å². The topological polar surface area (TPSA) is 84.7 Å². The van der Waals surface area contributed by atoms with E-state index in [2.05, 4.69) is 12.2 Å². The molecule has 2 amide bonds. The molecule has 1 fully saturated rings. The van der Waals surface area contributed by atoms with Gasteiger partial charge in [0.15, 0.2) is 6.61 Å². The number of piperidine rings is 1. The molecule has 1 aliphatic heterocycles. The van der Waals surface area contributed by atoms with Crippen LogP contribution in [0, 0.1) is 5.92 Å². The van der Waals surface area contributed by atoms with Gasteiger partial charge in [-0.15, -0.1) is 0 Å². The van der Waals surface area contributed by atoms with E-state index >= 15 is 0 Å². The fourth-order valence-corrected chi connectivity index (χ4v) is 3.01. The molecule has 0 unspecified atom stereocenters. The van der Waals surface area contributed by atoms with Crippen molar-refractivity contribution in [1.29, 1.82) is 0 Å². The zero-order valence-corrected chi connectivity index (χ0v) is 14.5. The zero-order chi connectivity index (χ0) is 17.5. The molecule has 0 aromatic heterocycles. The molecule has 132 valence electrons. The van der Waals surface area contributed by atoms with Crippen molar-refractivity contribution in [2.75, 3.05) is 19.7 Å². The summed E-state index contributed by atoms with van der Waals surface area (Å²) >= 11 is 0. The van der Waals surface area contributed by atoms with Gasteiger partial charge in [0.05, 0.1) is 0 Å². The number of ether oxygens (including phenoxy) is 1. The molecule has 0 radical (unpaired) electrons. The summed E-state index contributed by atoms with van der Waals surface area (Å²) in [5.41, 5.74) is 6.21. The number of carbonyl (C=O) groups is 2. The highest BCUT2D eigenvalue weighted by Crippen LogP contribution is 2.19. The third-order valence-corrected chi connectivity index (χ3v) is 4.43. The molecule has 2 atom stereocenters. The summed E-state index contributed by atoms with van der Waals surface area (Å²) in [5, 5.41) is 3.58. The average Bonchev–Trinajstić information content (AvgIpc) is 2.59. The van der Waals surface area contributed by atoms with Gasteiger partial charge in [-0.1, -0.05) is 26.0 Å². The molecular weight excluding hydrogens is 306 g/mol. The third-order valence-electron chi connectivity index (χ3n) is 4.43. The Morgan fingerprint density at radius 1 is 1.33 bits per heavy atom. The second-order valence-electron chi connectivity index (χ2n) is 6.35. The highest BCUT2D eigenvalue weighted by molar-refractivity contribution is 5.76. The molecule has 1 heterocycles. The SMILES string of the molecule is CCC(=O)N1CC[C@H](NCc2ccc(OCC(N)=O)cc2)[C@@H](C)C1. The smallest absolute Gasteiger partial charge is 0.255 e. The van der Waals surface area contributed by atoms with Crippen molar-refractivity contribution in [1.82, 2.24) is 10.2 Å². The van der Waals surface area contributed by atoms with E-state index in [0.29, 0.717) is 24.1 Å². The molecule has 24 heavy (non-hydrogen) atoms. The summed E-state index contributed by atoms with van der Waals surface area (Å²) in [4.78, 5) is 24.5. The number of primary amides is 1. The number of rotatable bonds is 7. The summed E-state index contributed by atoms with van der Waals surface area (Å²) in [6.45, 7) is 6.41. The Hall–Kier alpha value is -2.08. The van der Waals surface area contributed by atoms with Gasteiger partial charge in [0, 0.05) is 32.1 Å². The van der Waals surface area contributed by atoms with Crippen molar-refractivity contribution in [2.45, 2.75) is 39.3 Å². The predicted molar refractivity (Wildman–Crippen MR) is 92.4 cm³/mol. The Kier molecular flexibility index (Phi) is 6.61. The van der Waals surface area contributed by atoms with Crippen LogP contribution in [0.15, 0.2) is 24.3 Å². The first-order chi connectivity index (χ1) is 11.5. The molecule has 1 saturated heterocycles. The molecule has 1 aromatic rings. The maximum absolute atomic E-state index is 11.8. The highest BCUT2D eigenvalue weighted by Gasteiger charge is 2.27. The molecule has 0 saturated carbocycles. The van der Waals surface area contributed by atoms with Crippen LogP contribution < -0.4 is 15.8 Å². The van der Waals surface area contributed by atoms with Crippen molar-refractivity contribution in [3.63, 3.8) is 0 Å². The van der Waals surface area contributed by atoms with Gasteiger partial charge >= 0.3 is 0 Å². The summed E-state index contributed by atoms with van der Waals surface area (Å²) in [6.07, 6.45) is 1.56. The molecule has 6 nitrogen and oxygen atoms in total. The largest absolute Gasteiger partial charge is 0.484 e. The van der Waals surface area contributed by atoms with E-state index in [9.17, 15) is 9.59 Å². The Bertz CT molecular complexity index is 559. The third kappa shape index (κ3) is 5.23. The molecule has 0 bridgehead atoms. The van der Waals surface area contributed by atoms with E-state index < -0.39 is 5.91 Å². The molecule has 1 aromatic carbocycles. The lowest BCUT2D eigenvalue weighted by molar-refractivity contribution is -0.132. The lowest BCUT2D eigenvalue weighted by Crippen LogP contribution is -2.49. The summed E-state index contributed by atoms with van der Waals surface area (Å²) in [5.74, 6) is 0.833. The minimum atomic E-state index is -0.484. The maximum atomic E-state index is 11.8. The first kappa shape index (κ1) is 18.3. The van der Waals surface area contributed by atoms with Crippen LogP contribution in [0.4, 0.5) is 0 Å². The van der Waals surface area contributed by atoms with Crippen LogP contribution >= 0.6 is 0 Å². The number of benzene rings is 1. The van der Waals surface area contributed by atoms with E-state index in [0.717, 1.165) is 31.6 Å². The molecule has 6 heteroatoms. The number of hydrogen-bond acceptors (Lipinski definition) is 4. The van der Waals surface area contributed by atoms with Gasteiger partial charge in [0.25, 0.3) is 5.91 Å². The Balaban J connectivity index is 1.79. The predicted octanol–water partition coefficient (Wildman–Crippen LogP) is 1.29. The number of hydrogen-bond donors (Lipinski definition) is 2. The van der Waals surface area contributed by atoms with Gasteiger partial charge in [-0.25, -0.2) is 0 Å². The Labute approximate surface area is 143 Å². The van der Waals surface area contributed by atoms with Crippen LogP contribution in [0.5, 0.6) is 5.75 Å². The van der Waals surface area contributed by atoms with E-state index in [1.807, 2.05) is 36.1 Å². The number of amides is 2. The maximum Gasteiger partial charge on any atom is 0.255 e. The molecule has 3 N–H and O–H groups in total. The Morgan fingerprint density at radius 2 is 2.04 bits per heavy atom. The fraction of sp³-hybridized carbons (Fsp3) is 0.556. The first-order valence-electron chi connectivity index (χ1n) is 8.50. The number of carbonyl (C=O) groups excluding carboxylic acids is 2. The van der Waals surface area contributed by atoms with Gasteiger partial charge < -0.3 is 20.7 Å². The molecular formula is C18H27N3O3. The molecule has 2 rings (SSSR count). The quantitative estimate of drug-likeness (QED) is 0.787. The zero-order valence-electron chi connectivity index (χ0n) is 14.5. The lowest BCUT2D eigenvalue weighted by Gasteiger charge is -2.37. The van der Waals surface area contributed by atoms with Crippen molar-refractivity contribution < 1.29 is 14.3 Å². The van der Waals surface area contributed by atoms with Crippen molar-refractivity contribution in [2.24, 2.45) is 11.7 Å². The Morgan fingerprint density at radius 3 is 2.62 bits per heavy atom. The van der Waals surface area contributed by atoms with E-state index in [4.69, 9.17) is 10.5 Å². The normalized spacial score (nSPS) is 20.7. The van der Waals surface area contributed by atoms with Crippen LogP contribution in [-0.4, -0.2) is 42.5 Å². The number of nitrogens with two attached hydrogens (primary N) is 1. The van der Waals surface area contributed by atoms with Crippen LogP contribution in [-0.2, 0) is 16.1 Å². The van der Waals surface area contributed by atoms with Gasteiger partial charge in [0.1, 0.15) is 5.75 Å². The van der Waals surface area contributed by atoms with Crippen LogP contribution in [0.25, 0.3) is 0 Å². The number of likely N-dealkylation sites (tertiary alicyclic amines) is 1. The van der Waals surface area contributed by atoms with Crippen LogP contribution in [0.3, 0.4) is 0 Å². The fourth-order valence-electron chi connectivity index (χ4n) is 3.01. The summed E-state index contributed by atoms with van der Waals surface area (Å²) in [6, 6.07) is 8.04. The van der Waals surface area contributed by atoms with Gasteiger partial charge in [-0.05, 0) is 30.0 Å². The minimum Gasteiger partial charge on any atom is -0.484 e. The van der Waals surface area contributed by atoms with Crippen molar-refractivity contribution in [3.05, 3.63) is 29.8 Å². The summed E-state index contributed by atoms with van der Waals surface area (Å²) in [7, 11) is 0. The standard InChI is InChI=1S/C18H27N3O3/c1-3-18(23)21-9-8-16(13(2)11-21)20-10-14-4-6-15(7-5-14)24-12-17(19)22/h4-7,13,16,20H,3,8-12H2,1-2H3,(H2,19,22)/t13-,16-/m0/s1. The molecule has 0 aliphatic carbocycles. The van der Waals surface area contributed by atoms with E-state index in [1.54, 1.807) is 0 Å². The van der Waals surface area contributed by atoms with E-state index in [1.165, 1.54) is 0 Å². The second-order valence-corrected chi connectivity index (χ2v) is 6.35. The van der Waals surface area contributed by atoms with Gasteiger partial charge in [-0.3, -0.25) is 9.59 Å². The van der Waals surface area contributed by atoms with Crippen molar-refractivity contribution >= 4 is 11.8 Å².